The Kier molecular flexibility index (Phi) is 6.81. The number of rotatable bonds is 6. The van der Waals surface area contributed by atoms with E-state index in [-0.39, 0.29) is 0 Å². The standard InChI is InChI=1S/C28H29N5/c1-5-23(22-10-6-7-14-30-16-22)26(17-29-4)24-15-21(13-12-19(24)2)25-18-31-33-28(25)27-11-8-9-20(3)32-27/h5-16,18,29-30H,2,17H2,1,3-4H3,(H,31,33)/b23-5-,26-24-. The average molecular weight is 436 g/mol. The molecular weight excluding hydrogens is 406 g/mol. The highest BCUT2D eigenvalue weighted by atomic mass is 15.1. The summed E-state index contributed by atoms with van der Waals surface area (Å²) in [6, 6.07) is 12.4. The fraction of sp³-hybridized carbons (Fsp3) is 0.143. The summed E-state index contributed by atoms with van der Waals surface area (Å²) in [4.78, 5) is 4.67. The zero-order valence-corrected chi connectivity index (χ0v) is 19.3. The molecular formula is C28H29N5. The molecule has 4 rings (SSSR count). The Labute approximate surface area is 194 Å². The summed E-state index contributed by atoms with van der Waals surface area (Å²) in [6.07, 6.45) is 14.2. The fourth-order valence-electron chi connectivity index (χ4n) is 4.06. The highest BCUT2D eigenvalue weighted by Gasteiger charge is 2.14. The van der Waals surface area contributed by atoms with Crippen molar-refractivity contribution >= 4 is 12.2 Å². The molecule has 3 N–H and O–H groups in total. The van der Waals surface area contributed by atoms with Gasteiger partial charge < -0.3 is 10.6 Å². The molecule has 2 aromatic heterocycles. The average Bonchev–Trinajstić information content (AvgIpc) is 3.16. The summed E-state index contributed by atoms with van der Waals surface area (Å²) in [5, 5.41) is 16.2. The third kappa shape index (κ3) is 4.78. The molecule has 0 radical (unpaired) electrons. The quantitative estimate of drug-likeness (QED) is 0.552. The summed E-state index contributed by atoms with van der Waals surface area (Å²) < 4.78 is 0. The van der Waals surface area contributed by atoms with Crippen LogP contribution in [0.1, 0.15) is 12.6 Å². The molecule has 3 aromatic rings. The first-order valence-electron chi connectivity index (χ1n) is 11.0. The molecule has 0 saturated carbocycles. The SMILES string of the molecule is C=c1ccc(-c2c[nH]nc2-c2cccc(C)n2)c/c1=C(CNC)/C(=C\C)C1=CNC=CC=C1. The number of benzene rings is 1. The van der Waals surface area contributed by atoms with Gasteiger partial charge in [0.15, 0.2) is 0 Å². The van der Waals surface area contributed by atoms with Gasteiger partial charge in [0.2, 0.25) is 0 Å². The van der Waals surface area contributed by atoms with Gasteiger partial charge in [0.1, 0.15) is 5.69 Å². The molecule has 1 aromatic carbocycles. The monoisotopic (exact) mass is 435 g/mol. The van der Waals surface area contributed by atoms with Crippen LogP contribution in [0.2, 0.25) is 0 Å². The normalized spacial score (nSPS) is 14.5. The first-order chi connectivity index (χ1) is 16.1. The molecule has 3 heterocycles. The molecule has 0 unspecified atom stereocenters. The van der Waals surface area contributed by atoms with Crippen molar-refractivity contribution in [2.75, 3.05) is 13.6 Å². The Morgan fingerprint density at radius 3 is 2.85 bits per heavy atom. The van der Waals surface area contributed by atoms with E-state index in [0.717, 1.165) is 49.8 Å². The lowest BCUT2D eigenvalue weighted by Crippen LogP contribution is -2.30. The van der Waals surface area contributed by atoms with Crippen LogP contribution in [-0.2, 0) is 0 Å². The predicted octanol–water partition coefficient (Wildman–Crippen LogP) is 3.73. The van der Waals surface area contributed by atoms with Crippen LogP contribution in [0.15, 0.2) is 90.4 Å². The molecule has 0 saturated heterocycles. The van der Waals surface area contributed by atoms with Gasteiger partial charge in [-0.25, -0.2) is 0 Å². The third-order valence-electron chi connectivity index (χ3n) is 5.61. The van der Waals surface area contributed by atoms with Crippen LogP contribution in [0.5, 0.6) is 0 Å². The predicted molar refractivity (Wildman–Crippen MR) is 137 cm³/mol. The van der Waals surface area contributed by atoms with E-state index in [1.807, 2.05) is 62.9 Å². The van der Waals surface area contributed by atoms with E-state index in [1.54, 1.807) is 0 Å². The van der Waals surface area contributed by atoms with Gasteiger partial charge in [-0.05, 0) is 77.9 Å². The van der Waals surface area contributed by atoms with Crippen molar-refractivity contribution in [3.63, 3.8) is 0 Å². The summed E-state index contributed by atoms with van der Waals surface area (Å²) >= 11 is 0. The van der Waals surface area contributed by atoms with Crippen LogP contribution in [0.4, 0.5) is 0 Å². The fourth-order valence-corrected chi connectivity index (χ4v) is 4.06. The van der Waals surface area contributed by atoms with Gasteiger partial charge in [0.25, 0.3) is 0 Å². The van der Waals surface area contributed by atoms with Crippen molar-refractivity contribution in [2.24, 2.45) is 0 Å². The van der Waals surface area contributed by atoms with Gasteiger partial charge in [0, 0.05) is 36.4 Å². The molecule has 5 nitrogen and oxygen atoms in total. The number of H-pyrrole nitrogens is 1. The molecule has 0 bridgehead atoms. The van der Waals surface area contributed by atoms with E-state index in [4.69, 9.17) is 0 Å². The lowest BCUT2D eigenvalue weighted by atomic mass is 9.93. The van der Waals surface area contributed by atoms with Crippen molar-refractivity contribution in [1.29, 1.82) is 0 Å². The number of allylic oxidation sites excluding steroid dienone is 5. The van der Waals surface area contributed by atoms with Crippen molar-refractivity contribution in [2.45, 2.75) is 13.8 Å². The maximum absolute atomic E-state index is 4.67. The Balaban J connectivity index is 1.90. The first-order valence-corrected chi connectivity index (χ1v) is 11.0. The van der Waals surface area contributed by atoms with Gasteiger partial charge >= 0.3 is 0 Å². The maximum Gasteiger partial charge on any atom is 0.118 e. The molecule has 5 heteroatoms. The highest BCUT2D eigenvalue weighted by molar-refractivity contribution is 5.80. The second kappa shape index (κ2) is 10.1. The Bertz CT molecular complexity index is 1390. The van der Waals surface area contributed by atoms with E-state index >= 15 is 0 Å². The Hall–Kier alpha value is -3.96. The summed E-state index contributed by atoms with van der Waals surface area (Å²) in [7, 11) is 1.97. The van der Waals surface area contributed by atoms with Crippen molar-refractivity contribution in [1.82, 2.24) is 25.8 Å². The van der Waals surface area contributed by atoms with Crippen molar-refractivity contribution in [3.05, 3.63) is 107 Å². The zero-order valence-electron chi connectivity index (χ0n) is 19.3. The minimum Gasteiger partial charge on any atom is -0.367 e. The Morgan fingerprint density at radius 2 is 2.06 bits per heavy atom. The van der Waals surface area contributed by atoms with Crippen LogP contribution in [0.3, 0.4) is 0 Å². The minimum atomic E-state index is 0.710. The molecule has 0 fully saturated rings. The second-order valence-corrected chi connectivity index (χ2v) is 7.88. The first kappa shape index (κ1) is 22.2. The van der Waals surface area contributed by atoms with Gasteiger partial charge in [-0.3, -0.25) is 10.1 Å². The van der Waals surface area contributed by atoms with E-state index in [1.165, 1.54) is 5.57 Å². The van der Waals surface area contributed by atoms with E-state index in [0.29, 0.717) is 6.54 Å². The van der Waals surface area contributed by atoms with E-state index in [2.05, 4.69) is 69.7 Å². The molecule has 0 spiro atoms. The minimum absolute atomic E-state index is 0.710. The smallest absolute Gasteiger partial charge is 0.118 e. The van der Waals surface area contributed by atoms with Crippen LogP contribution in [0, 0.1) is 6.92 Å². The molecule has 0 amide bonds. The van der Waals surface area contributed by atoms with Gasteiger partial charge in [0.05, 0.1) is 5.69 Å². The summed E-state index contributed by atoms with van der Waals surface area (Å²) in [5.41, 5.74) is 8.20. The lowest BCUT2D eigenvalue weighted by Gasteiger charge is -2.15. The zero-order chi connectivity index (χ0) is 23.2. The largest absolute Gasteiger partial charge is 0.367 e. The van der Waals surface area contributed by atoms with Crippen LogP contribution in [0.25, 0.3) is 34.7 Å². The number of nitrogens with one attached hydrogen (secondary N) is 3. The molecule has 33 heavy (non-hydrogen) atoms. The van der Waals surface area contributed by atoms with Crippen molar-refractivity contribution < 1.29 is 0 Å². The number of aryl methyl sites for hydroxylation is 1. The number of aromatic nitrogens is 3. The summed E-state index contributed by atoms with van der Waals surface area (Å²) in [5.74, 6) is 0. The van der Waals surface area contributed by atoms with Crippen molar-refractivity contribution in [3.8, 4) is 22.5 Å². The topological polar surface area (TPSA) is 65.6 Å². The van der Waals surface area contributed by atoms with Gasteiger partial charge in [-0.1, -0.05) is 43.0 Å². The Morgan fingerprint density at radius 1 is 1.18 bits per heavy atom. The second-order valence-electron chi connectivity index (χ2n) is 7.88. The molecule has 1 aliphatic heterocycles. The van der Waals surface area contributed by atoms with E-state index < -0.39 is 0 Å². The van der Waals surface area contributed by atoms with E-state index in [9.17, 15) is 0 Å². The van der Waals surface area contributed by atoms with Crippen LogP contribution in [-0.4, -0.2) is 28.8 Å². The number of hydrogen-bond acceptors (Lipinski definition) is 4. The maximum atomic E-state index is 4.67. The van der Waals surface area contributed by atoms with Crippen LogP contribution >= 0.6 is 0 Å². The number of hydrogen-bond donors (Lipinski definition) is 3. The lowest BCUT2D eigenvalue weighted by molar-refractivity contribution is 0.925. The van der Waals surface area contributed by atoms with Crippen LogP contribution < -0.4 is 21.1 Å². The molecule has 0 atom stereocenters. The number of nitrogens with zero attached hydrogens (tertiary/aromatic N) is 2. The van der Waals surface area contributed by atoms with Gasteiger partial charge in [-0.15, -0.1) is 0 Å². The van der Waals surface area contributed by atoms with Gasteiger partial charge in [-0.2, -0.15) is 5.10 Å². The molecule has 166 valence electrons. The molecule has 1 aliphatic rings. The number of pyridine rings is 1. The molecule has 0 aliphatic carbocycles. The number of aromatic amines is 1. The third-order valence-corrected chi connectivity index (χ3v) is 5.61. The summed E-state index contributed by atoms with van der Waals surface area (Å²) in [6.45, 7) is 9.11. The highest BCUT2D eigenvalue weighted by Crippen LogP contribution is 2.28.